The van der Waals surface area contributed by atoms with Crippen molar-refractivity contribution in [1.82, 2.24) is 16.0 Å². The zero-order chi connectivity index (χ0) is 28.9. The fourth-order valence-corrected chi connectivity index (χ4v) is 4.25. The molecule has 0 aliphatic rings. The summed E-state index contributed by atoms with van der Waals surface area (Å²) in [5.41, 5.74) is 0. The topological polar surface area (TPSA) is 134 Å². The molecule has 4 N–H and O–H groups in total. The second-order valence-electron chi connectivity index (χ2n) is 10.2. The van der Waals surface area contributed by atoms with Crippen LogP contribution in [-0.4, -0.2) is 54.2 Å². The highest BCUT2D eigenvalue weighted by molar-refractivity contribution is 5.89. The molecule has 0 saturated heterocycles. The largest absolute Gasteiger partial charge is 0.480 e. The average molecular weight is 538 g/mol. The summed E-state index contributed by atoms with van der Waals surface area (Å²) in [6, 6.07) is -2.27. The molecular weight excluding hydrogens is 486 g/mol. The smallest absolute Gasteiger partial charge is 0.408 e. The predicted molar refractivity (Wildman–Crippen MR) is 151 cm³/mol. The maximum Gasteiger partial charge on any atom is 0.408 e. The van der Waals surface area contributed by atoms with Gasteiger partial charge in [0, 0.05) is 13.0 Å². The Balaban J connectivity index is 5.34. The molecule has 0 saturated carbocycles. The van der Waals surface area contributed by atoms with Crippen molar-refractivity contribution in [2.75, 3.05) is 7.05 Å². The van der Waals surface area contributed by atoms with Crippen molar-refractivity contribution in [3.63, 3.8) is 0 Å². The third kappa shape index (κ3) is 16.1. The summed E-state index contributed by atoms with van der Waals surface area (Å²) in [6.07, 6.45) is 11.6. The first-order valence-corrected chi connectivity index (χ1v) is 14.0. The summed E-state index contributed by atoms with van der Waals surface area (Å²) in [5.74, 6) is -2.82. The van der Waals surface area contributed by atoms with Crippen LogP contribution in [0.1, 0.15) is 97.8 Å². The van der Waals surface area contributed by atoms with E-state index in [2.05, 4.69) is 36.0 Å². The lowest BCUT2D eigenvalue weighted by Gasteiger charge is -2.25. The number of aliphatic carboxylic acids is 1. The van der Waals surface area contributed by atoms with Gasteiger partial charge in [0.1, 0.15) is 18.2 Å². The lowest BCUT2D eigenvalue weighted by molar-refractivity contribution is -0.143. The molecule has 0 aliphatic heterocycles. The maximum absolute atomic E-state index is 13.1. The number of carbonyl (C=O) groups is 4. The predicted octanol–water partition coefficient (Wildman–Crippen LogP) is 5.11. The van der Waals surface area contributed by atoms with Crippen molar-refractivity contribution in [3.8, 4) is 0 Å². The highest BCUT2D eigenvalue weighted by Gasteiger charge is 2.31. The van der Waals surface area contributed by atoms with Gasteiger partial charge in [-0.1, -0.05) is 58.6 Å². The second-order valence-corrected chi connectivity index (χ2v) is 10.2. The molecule has 0 rings (SSSR count). The fourth-order valence-electron chi connectivity index (χ4n) is 4.25. The van der Waals surface area contributed by atoms with E-state index < -0.39 is 36.0 Å². The van der Waals surface area contributed by atoms with Gasteiger partial charge in [0.2, 0.25) is 11.8 Å². The quantitative estimate of drug-likeness (QED) is 0.112. The minimum Gasteiger partial charge on any atom is -0.480 e. The number of hydrogen-bond donors (Lipinski definition) is 4. The Kier molecular flexibility index (Phi) is 19.6. The zero-order valence-electron chi connectivity index (χ0n) is 23.9. The Hall–Kier alpha value is -2.84. The number of allylic oxidation sites excluding steroid dienone is 2. The Labute approximate surface area is 229 Å². The fraction of sp³-hybridized carbons (Fsp3) is 0.724. The van der Waals surface area contributed by atoms with Gasteiger partial charge in [-0.15, -0.1) is 13.2 Å². The first-order chi connectivity index (χ1) is 18.1. The number of carbonyl (C=O) groups excluding carboxylic acids is 3. The highest BCUT2D eigenvalue weighted by atomic mass is 16.6. The SMILES string of the molecule is C=CCCCC(CCCCCCC)OC(=O)NC(CC(C)C)C(=O)NC(CC(CC=C)C(=O)NC)C(=O)O. The Morgan fingerprint density at radius 2 is 1.53 bits per heavy atom. The molecular formula is C29H51N3O6. The standard InChI is InChI=1S/C29H51N3O6/c1-7-10-12-13-15-18-23(17-14-11-8-2)38-29(37)32-24(19-21(4)5)27(34)31-25(28(35)36)20-22(16-9-3)26(33)30-6/h8-9,21-25H,2-3,7,10-20H2,1,4-6H3,(H,30,33)(H,31,34)(H,32,37)(H,35,36). The number of rotatable bonds is 22. The average Bonchev–Trinajstić information content (AvgIpc) is 2.86. The van der Waals surface area contributed by atoms with Gasteiger partial charge in [0.25, 0.3) is 0 Å². The van der Waals surface area contributed by atoms with E-state index in [1.165, 1.54) is 19.5 Å². The number of carboxylic acids is 1. The van der Waals surface area contributed by atoms with E-state index in [4.69, 9.17) is 4.74 Å². The lowest BCUT2D eigenvalue weighted by Crippen LogP contribution is -2.53. The highest BCUT2D eigenvalue weighted by Crippen LogP contribution is 2.17. The van der Waals surface area contributed by atoms with Gasteiger partial charge in [-0.25, -0.2) is 9.59 Å². The van der Waals surface area contributed by atoms with Gasteiger partial charge in [0.15, 0.2) is 0 Å². The van der Waals surface area contributed by atoms with E-state index in [1.54, 1.807) is 0 Å². The molecule has 0 aromatic rings. The third-order valence-corrected chi connectivity index (χ3v) is 6.36. The molecule has 0 radical (unpaired) electrons. The van der Waals surface area contributed by atoms with Gasteiger partial charge < -0.3 is 25.8 Å². The summed E-state index contributed by atoms with van der Waals surface area (Å²) < 4.78 is 5.72. The molecule has 38 heavy (non-hydrogen) atoms. The maximum atomic E-state index is 13.1. The molecule has 0 aromatic carbocycles. The summed E-state index contributed by atoms with van der Waals surface area (Å²) in [6.45, 7) is 13.3. The number of carboxylic acid groups (broad SMARTS) is 1. The minimum atomic E-state index is -1.30. The Bertz CT molecular complexity index is 740. The van der Waals surface area contributed by atoms with Crippen molar-refractivity contribution in [2.24, 2.45) is 11.8 Å². The molecule has 4 unspecified atom stereocenters. The van der Waals surface area contributed by atoms with Gasteiger partial charge in [-0.3, -0.25) is 9.59 Å². The Morgan fingerprint density at radius 1 is 0.868 bits per heavy atom. The number of alkyl carbamates (subject to hydrolysis) is 1. The normalized spacial score (nSPS) is 14.0. The number of hydrogen-bond acceptors (Lipinski definition) is 5. The lowest BCUT2D eigenvalue weighted by atomic mass is 9.95. The molecule has 9 heteroatoms. The van der Waals surface area contributed by atoms with Crippen LogP contribution < -0.4 is 16.0 Å². The molecule has 4 atom stereocenters. The van der Waals surface area contributed by atoms with Crippen molar-refractivity contribution in [2.45, 2.75) is 116 Å². The van der Waals surface area contributed by atoms with E-state index in [1.807, 2.05) is 19.9 Å². The van der Waals surface area contributed by atoms with Crippen LogP contribution in [0.2, 0.25) is 0 Å². The van der Waals surface area contributed by atoms with Gasteiger partial charge in [0.05, 0.1) is 0 Å². The second kappa shape index (κ2) is 21.1. The number of amides is 3. The van der Waals surface area contributed by atoms with Crippen molar-refractivity contribution in [3.05, 3.63) is 25.3 Å². The molecule has 218 valence electrons. The monoisotopic (exact) mass is 537 g/mol. The van der Waals surface area contributed by atoms with Crippen LogP contribution in [0.25, 0.3) is 0 Å². The first kappa shape index (κ1) is 35.2. The van der Waals surface area contributed by atoms with Crippen molar-refractivity contribution < 1.29 is 29.0 Å². The number of ether oxygens (including phenoxy) is 1. The van der Waals surface area contributed by atoms with Crippen molar-refractivity contribution in [1.29, 1.82) is 0 Å². The third-order valence-electron chi connectivity index (χ3n) is 6.36. The van der Waals surface area contributed by atoms with E-state index in [0.29, 0.717) is 12.8 Å². The number of unbranched alkanes of at least 4 members (excludes halogenated alkanes) is 5. The van der Waals surface area contributed by atoms with Gasteiger partial charge in [-0.2, -0.15) is 0 Å². The zero-order valence-corrected chi connectivity index (χ0v) is 23.9. The van der Waals surface area contributed by atoms with E-state index in [9.17, 15) is 24.3 Å². The number of nitrogens with one attached hydrogen (secondary N) is 3. The summed E-state index contributed by atoms with van der Waals surface area (Å²) in [5, 5.41) is 17.4. The van der Waals surface area contributed by atoms with Crippen LogP contribution in [0.3, 0.4) is 0 Å². The Morgan fingerprint density at radius 3 is 2.08 bits per heavy atom. The van der Waals surface area contributed by atoms with E-state index in [0.717, 1.165) is 44.9 Å². The van der Waals surface area contributed by atoms with E-state index in [-0.39, 0.29) is 30.8 Å². The van der Waals surface area contributed by atoms with Crippen LogP contribution in [0.5, 0.6) is 0 Å². The van der Waals surface area contributed by atoms with Crippen LogP contribution in [-0.2, 0) is 19.1 Å². The molecule has 3 amide bonds. The molecule has 0 aliphatic carbocycles. The van der Waals surface area contributed by atoms with Gasteiger partial charge in [-0.05, 0) is 57.3 Å². The summed E-state index contributed by atoms with van der Waals surface area (Å²) in [4.78, 5) is 50.0. The van der Waals surface area contributed by atoms with Crippen LogP contribution in [0.4, 0.5) is 4.79 Å². The first-order valence-electron chi connectivity index (χ1n) is 14.0. The van der Waals surface area contributed by atoms with Crippen LogP contribution >= 0.6 is 0 Å². The molecule has 9 nitrogen and oxygen atoms in total. The summed E-state index contributed by atoms with van der Waals surface area (Å²) >= 11 is 0. The summed E-state index contributed by atoms with van der Waals surface area (Å²) in [7, 11) is 1.47. The molecule has 0 aromatic heterocycles. The van der Waals surface area contributed by atoms with Crippen molar-refractivity contribution >= 4 is 23.9 Å². The van der Waals surface area contributed by atoms with Crippen LogP contribution in [0.15, 0.2) is 25.3 Å². The molecule has 0 bridgehead atoms. The van der Waals surface area contributed by atoms with Crippen LogP contribution in [0, 0.1) is 11.8 Å². The minimum absolute atomic E-state index is 0.0515. The van der Waals surface area contributed by atoms with E-state index >= 15 is 0 Å². The molecule has 0 fully saturated rings. The molecule has 0 heterocycles. The van der Waals surface area contributed by atoms with Gasteiger partial charge >= 0.3 is 12.1 Å². The molecule has 0 spiro atoms.